The van der Waals surface area contributed by atoms with Gasteiger partial charge in [-0.25, -0.2) is 0 Å². The normalized spacial score (nSPS) is 10.3. The number of hydrogen-bond donors (Lipinski definition) is 1. The number of rotatable bonds is 3. The minimum absolute atomic E-state index is 0.350. The highest BCUT2D eigenvalue weighted by atomic mass is 32.1. The van der Waals surface area contributed by atoms with Crippen molar-refractivity contribution in [3.8, 4) is 0 Å². The van der Waals surface area contributed by atoms with Gasteiger partial charge in [0.25, 0.3) is 0 Å². The predicted octanol–water partition coefficient (Wildman–Crippen LogP) is 2.04. The molecule has 0 rings (SSSR count). The summed E-state index contributed by atoms with van der Waals surface area (Å²) < 4.78 is 4.74. The monoisotopic (exact) mass is 120 g/mol. The molecule has 0 unspecified atom stereocenters. The first-order valence-electron chi connectivity index (χ1n) is 2.65. The van der Waals surface area contributed by atoms with Crippen molar-refractivity contribution in [3.05, 3.63) is 0 Å². The second-order valence-electron chi connectivity index (χ2n) is 1.54. The average molecular weight is 120 g/mol. The Kier molecular flexibility index (Phi) is 4.67. The summed E-state index contributed by atoms with van der Waals surface area (Å²) >= 11 is 3.68. The molecular formula is C5H12OS. The van der Waals surface area contributed by atoms with Gasteiger partial charge in [-0.3, -0.25) is 0 Å². The third-order valence-corrected chi connectivity index (χ3v) is 1.36. The maximum absolute atomic E-state index is 4.74. The summed E-state index contributed by atoms with van der Waals surface area (Å²) in [5.74, 6) is 0. The van der Waals surface area contributed by atoms with Gasteiger partial charge in [0, 0.05) is 0 Å². The average Bonchev–Trinajstić information content (AvgIpc) is 1.72. The lowest BCUT2D eigenvalue weighted by molar-refractivity contribution is 0.236. The summed E-state index contributed by atoms with van der Waals surface area (Å²) in [7, 11) is 0. The molecule has 0 saturated heterocycles. The quantitative estimate of drug-likeness (QED) is 0.443. The molecule has 0 amide bonds. The number of thiol groups is 1. The Morgan fingerprint density at radius 1 is 1.43 bits per heavy atom. The maximum Gasteiger partial charge on any atom is 0.0713 e. The second-order valence-corrected chi connectivity index (χ2v) is 1.75. The van der Waals surface area contributed by atoms with E-state index >= 15 is 0 Å². The van der Waals surface area contributed by atoms with Crippen LogP contribution < -0.4 is 0 Å². The van der Waals surface area contributed by atoms with E-state index in [1.165, 1.54) is 0 Å². The molecule has 0 N–H and O–H groups in total. The van der Waals surface area contributed by atoms with Crippen LogP contribution in [0, 0.1) is 0 Å². The molecule has 0 saturated carbocycles. The van der Waals surface area contributed by atoms with Gasteiger partial charge in [-0.1, -0.05) is 13.8 Å². The first kappa shape index (κ1) is 7.31. The summed E-state index contributed by atoms with van der Waals surface area (Å²) in [6.45, 7) is 4.18. The van der Waals surface area contributed by atoms with Crippen LogP contribution in [0.4, 0.5) is 0 Å². The van der Waals surface area contributed by atoms with Crippen molar-refractivity contribution in [3.63, 3.8) is 0 Å². The van der Waals surface area contributed by atoms with E-state index in [0.29, 0.717) is 6.10 Å². The maximum atomic E-state index is 4.74. The topological polar surface area (TPSA) is 9.23 Å². The van der Waals surface area contributed by atoms with E-state index in [0.717, 1.165) is 12.8 Å². The Labute approximate surface area is 50.7 Å². The van der Waals surface area contributed by atoms with Gasteiger partial charge >= 0.3 is 0 Å². The number of hydrogen-bond acceptors (Lipinski definition) is 2. The van der Waals surface area contributed by atoms with Crippen molar-refractivity contribution in [2.75, 3.05) is 0 Å². The van der Waals surface area contributed by atoms with E-state index < -0.39 is 0 Å². The summed E-state index contributed by atoms with van der Waals surface area (Å²) in [4.78, 5) is 0. The van der Waals surface area contributed by atoms with Crippen LogP contribution in [0.15, 0.2) is 0 Å². The van der Waals surface area contributed by atoms with Crippen molar-refractivity contribution in [2.45, 2.75) is 32.8 Å². The summed E-state index contributed by atoms with van der Waals surface area (Å²) in [6, 6.07) is 0. The molecule has 0 aromatic rings. The smallest absolute Gasteiger partial charge is 0.0713 e. The van der Waals surface area contributed by atoms with Gasteiger partial charge in [0.15, 0.2) is 0 Å². The van der Waals surface area contributed by atoms with Crippen molar-refractivity contribution < 1.29 is 4.18 Å². The molecule has 0 aliphatic carbocycles. The molecule has 0 bridgehead atoms. The Hall–Kier alpha value is 0.310. The molecule has 0 aromatic heterocycles. The van der Waals surface area contributed by atoms with Crippen molar-refractivity contribution >= 4 is 12.9 Å². The molecule has 0 aromatic carbocycles. The van der Waals surface area contributed by atoms with Gasteiger partial charge in [-0.15, -0.1) is 0 Å². The van der Waals surface area contributed by atoms with Crippen LogP contribution >= 0.6 is 12.9 Å². The van der Waals surface area contributed by atoms with Crippen molar-refractivity contribution in [2.24, 2.45) is 0 Å². The third kappa shape index (κ3) is 2.94. The van der Waals surface area contributed by atoms with Gasteiger partial charge < -0.3 is 4.18 Å². The van der Waals surface area contributed by atoms with Crippen LogP contribution in [0.2, 0.25) is 0 Å². The van der Waals surface area contributed by atoms with E-state index in [9.17, 15) is 0 Å². The Bertz CT molecular complexity index is 29.6. The zero-order chi connectivity index (χ0) is 5.70. The highest BCUT2D eigenvalue weighted by Crippen LogP contribution is 2.02. The molecule has 0 heterocycles. The van der Waals surface area contributed by atoms with E-state index in [-0.39, 0.29) is 0 Å². The molecule has 2 heteroatoms. The second kappa shape index (κ2) is 4.47. The third-order valence-electron chi connectivity index (χ3n) is 1.06. The predicted molar refractivity (Wildman–Crippen MR) is 34.4 cm³/mol. The van der Waals surface area contributed by atoms with Gasteiger partial charge in [0.05, 0.1) is 6.10 Å². The molecule has 0 atom stereocenters. The highest BCUT2D eigenvalue weighted by molar-refractivity contribution is 7.75. The lowest BCUT2D eigenvalue weighted by Crippen LogP contribution is -2.02. The summed E-state index contributed by atoms with van der Waals surface area (Å²) in [6.07, 6.45) is 2.46. The molecule has 0 aliphatic rings. The van der Waals surface area contributed by atoms with Crippen molar-refractivity contribution in [1.29, 1.82) is 0 Å². The largest absolute Gasteiger partial charge is 0.315 e. The standard InChI is InChI=1S/C5H12OS/c1-3-5(4-2)6-7/h5,7H,3-4H2,1-2H3. The Morgan fingerprint density at radius 2 is 1.86 bits per heavy atom. The zero-order valence-electron chi connectivity index (χ0n) is 4.85. The van der Waals surface area contributed by atoms with Gasteiger partial charge in [-0.05, 0) is 25.8 Å². The first-order chi connectivity index (χ1) is 3.35. The Morgan fingerprint density at radius 3 is 1.86 bits per heavy atom. The van der Waals surface area contributed by atoms with Gasteiger partial charge in [-0.2, -0.15) is 0 Å². The zero-order valence-corrected chi connectivity index (χ0v) is 5.74. The van der Waals surface area contributed by atoms with Crippen LogP contribution in [0.25, 0.3) is 0 Å². The van der Waals surface area contributed by atoms with Crippen molar-refractivity contribution in [1.82, 2.24) is 0 Å². The summed E-state index contributed by atoms with van der Waals surface area (Å²) in [5, 5.41) is 0. The van der Waals surface area contributed by atoms with Crippen LogP contribution in [-0.4, -0.2) is 6.10 Å². The van der Waals surface area contributed by atoms with Crippen LogP contribution in [0.3, 0.4) is 0 Å². The first-order valence-corrected chi connectivity index (χ1v) is 3.01. The Balaban J connectivity index is 2.99. The lowest BCUT2D eigenvalue weighted by Gasteiger charge is -2.05. The van der Waals surface area contributed by atoms with E-state index in [2.05, 4.69) is 26.8 Å². The fraction of sp³-hybridized carbons (Fsp3) is 1.00. The molecular weight excluding hydrogens is 108 g/mol. The molecule has 0 fully saturated rings. The minimum Gasteiger partial charge on any atom is -0.315 e. The SMILES string of the molecule is CCC(CC)OS. The lowest BCUT2D eigenvalue weighted by atomic mass is 10.2. The molecule has 0 spiro atoms. The van der Waals surface area contributed by atoms with Crippen LogP contribution in [0.5, 0.6) is 0 Å². The minimum atomic E-state index is 0.350. The molecule has 0 aliphatic heterocycles. The van der Waals surface area contributed by atoms with E-state index in [1.54, 1.807) is 0 Å². The molecule has 7 heavy (non-hydrogen) atoms. The van der Waals surface area contributed by atoms with Gasteiger partial charge in [0.1, 0.15) is 0 Å². The fourth-order valence-corrected chi connectivity index (χ4v) is 0.736. The highest BCUT2D eigenvalue weighted by Gasteiger charge is 1.97. The van der Waals surface area contributed by atoms with Gasteiger partial charge in [0.2, 0.25) is 0 Å². The molecule has 0 radical (unpaired) electrons. The molecule has 1 nitrogen and oxygen atoms in total. The van der Waals surface area contributed by atoms with Crippen LogP contribution in [-0.2, 0) is 4.18 Å². The van der Waals surface area contributed by atoms with E-state index in [4.69, 9.17) is 4.18 Å². The summed E-state index contributed by atoms with van der Waals surface area (Å²) in [5.41, 5.74) is 0. The van der Waals surface area contributed by atoms with Crippen LogP contribution in [0.1, 0.15) is 26.7 Å². The molecule has 44 valence electrons. The van der Waals surface area contributed by atoms with E-state index in [1.807, 2.05) is 0 Å². The fourth-order valence-electron chi connectivity index (χ4n) is 0.438.